The lowest BCUT2D eigenvalue weighted by Gasteiger charge is -2.29. The van der Waals surface area contributed by atoms with Gasteiger partial charge in [-0.25, -0.2) is 0 Å². The fourth-order valence-corrected chi connectivity index (χ4v) is 3.09. The average Bonchev–Trinajstić information content (AvgIpc) is 2.63. The molecule has 0 saturated carbocycles. The summed E-state index contributed by atoms with van der Waals surface area (Å²) in [6, 6.07) is 17.9. The second kappa shape index (κ2) is 9.36. The van der Waals surface area contributed by atoms with E-state index in [4.69, 9.17) is 0 Å². The highest BCUT2D eigenvalue weighted by molar-refractivity contribution is 5.92. The minimum atomic E-state index is -0.0662. The number of carbonyl (C=O) groups is 2. The zero-order valence-corrected chi connectivity index (χ0v) is 16.8. The minimum Gasteiger partial charge on any atom is -0.354 e. The van der Waals surface area contributed by atoms with Gasteiger partial charge in [0.25, 0.3) is 0 Å². The van der Waals surface area contributed by atoms with Crippen LogP contribution in [0.2, 0.25) is 0 Å². The number of rotatable bonds is 7. The molecule has 0 aliphatic heterocycles. The second-order valence-electron chi connectivity index (χ2n) is 7.77. The van der Waals surface area contributed by atoms with Crippen LogP contribution in [0.25, 0.3) is 0 Å². The van der Waals surface area contributed by atoms with Crippen molar-refractivity contribution in [3.8, 4) is 0 Å². The van der Waals surface area contributed by atoms with Crippen molar-refractivity contribution in [2.75, 3.05) is 18.0 Å². The molecular formula is C23H30N2O2. The van der Waals surface area contributed by atoms with E-state index in [0.717, 1.165) is 23.2 Å². The Kier molecular flexibility index (Phi) is 7.17. The molecule has 0 saturated heterocycles. The first kappa shape index (κ1) is 20.7. The summed E-state index contributed by atoms with van der Waals surface area (Å²) in [5.74, 6) is -0.0169. The molecule has 2 rings (SSSR count). The number of para-hydroxylation sites is 1. The third kappa shape index (κ3) is 6.24. The highest BCUT2D eigenvalue weighted by Gasteiger charge is 2.22. The Bertz CT molecular complexity index is 763. The van der Waals surface area contributed by atoms with Crippen LogP contribution in [0.15, 0.2) is 54.6 Å². The third-order valence-corrected chi connectivity index (χ3v) is 4.52. The van der Waals surface area contributed by atoms with Gasteiger partial charge in [-0.15, -0.1) is 0 Å². The van der Waals surface area contributed by atoms with Crippen molar-refractivity contribution < 1.29 is 9.59 Å². The van der Waals surface area contributed by atoms with Crippen molar-refractivity contribution in [1.29, 1.82) is 0 Å². The Hall–Kier alpha value is -2.62. The van der Waals surface area contributed by atoms with Crippen LogP contribution >= 0.6 is 0 Å². The smallest absolute Gasteiger partial charge is 0.223 e. The molecule has 0 spiro atoms. The molecule has 0 radical (unpaired) electrons. The lowest BCUT2D eigenvalue weighted by Crippen LogP contribution is -2.38. The second-order valence-corrected chi connectivity index (χ2v) is 7.77. The summed E-state index contributed by atoms with van der Waals surface area (Å²) < 4.78 is 0. The summed E-state index contributed by atoms with van der Waals surface area (Å²) in [6.45, 7) is 8.86. The summed E-state index contributed by atoms with van der Waals surface area (Å²) in [5, 5.41) is 2.93. The lowest BCUT2D eigenvalue weighted by atomic mass is 9.85. The van der Waals surface area contributed by atoms with Gasteiger partial charge in [-0.05, 0) is 29.0 Å². The molecule has 4 heteroatoms. The van der Waals surface area contributed by atoms with Crippen molar-refractivity contribution in [3.63, 3.8) is 0 Å². The summed E-state index contributed by atoms with van der Waals surface area (Å²) in [7, 11) is 0. The first-order valence-electron chi connectivity index (χ1n) is 9.47. The highest BCUT2D eigenvalue weighted by Crippen LogP contribution is 2.31. The maximum absolute atomic E-state index is 12.2. The minimum absolute atomic E-state index is 0.00598. The molecule has 2 aromatic carbocycles. The zero-order chi connectivity index (χ0) is 19.9. The fourth-order valence-electron chi connectivity index (χ4n) is 3.09. The number of hydrogen-bond acceptors (Lipinski definition) is 2. The molecule has 0 fully saturated rings. The molecule has 0 bridgehead atoms. The van der Waals surface area contributed by atoms with Crippen LogP contribution in [0.3, 0.4) is 0 Å². The predicted octanol–water partition coefficient (Wildman–Crippen LogP) is 4.09. The van der Waals surface area contributed by atoms with E-state index in [9.17, 15) is 9.59 Å². The van der Waals surface area contributed by atoms with Crippen LogP contribution in [0.4, 0.5) is 5.69 Å². The molecule has 0 aliphatic carbocycles. The van der Waals surface area contributed by atoms with Gasteiger partial charge in [-0.3, -0.25) is 9.59 Å². The fraction of sp³-hybridized carbons (Fsp3) is 0.391. The van der Waals surface area contributed by atoms with Crippen molar-refractivity contribution in [2.45, 2.75) is 46.0 Å². The van der Waals surface area contributed by atoms with Crippen molar-refractivity contribution in [2.24, 2.45) is 0 Å². The van der Waals surface area contributed by atoms with Crippen LogP contribution in [-0.2, 0) is 21.4 Å². The zero-order valence-electron chi connectivity index (χ0n) is 16.8. The quantitative estimate of drug-likeness (QED) is 0.802. The first-order valence-corrected chi connectivity index (χ1v) is 9.47. The van der Waals surface area contributed by atoms with Gasteiger partial charge >= 0.3 is 0 Å². The Labute approximate surface area is 162 Å². The monoisotopic (exact) mass is 366 g/mol. The molecule has 0 aromatic heterocycles. The van der Waals surface area contributed by atoms with E-state index >= 15 is 0 Å². The van der Waals surface area contributed by atoms with E-state index in [0.29, 0.717) is 19.5 Å². The van der Waals surface area contributed by atoms with Crippen LogP contribution in [0.5, 0.6) is 0 Å². The van der Waals surface area contributed by atoms with E-state index < -0.39 is 0 Å². The van der Waals surface area contributed by atoms with Gasteiger partial charge < -0.3 is 10.2 Å². The maximum atomic E-state index is 12.2. The van der Waals surface area contributed by atoms with Crippen molar-refractivity contribution >= 4 is 17.5 Å². The summed E-state index contributed by atoms with van der Waals surface area (Å²) in [5.41, 5.74) is 3.12. The molecule has 0 heterocycles. The molecule has 4 nitrogen and oxygen atoms in total. The van der Waals surface area contributed by atoms with Crippen molar-refractivity contribution in [1.82, 2.24) is 5.32 Å². The number of benzene rings is 2. The van der Waals surface area contributed by atoms with Gasteiger partial charge in [0.2, 0.25) is 11.8 Å². The molecule has 0 unspecified atom stereocenters. The number of hydrogen-bond donors (Lipinski definition) is 1. The van der Waals surface area contributed by atoms with Crippen LogP contribution < -0.4 is 10.2 Å². The van der Waals surface area contributed by atoms with Crippen LogP contribution in [0, 0.1) is 0 Å². The largest absolute Gasteiger partial charge is 0.354 e. The molecule has 1 N–H and O–H groups in total. The van der Waals surface area contributed by atoms with Crippen LogP contribution in [0.1, 0.15) is 45.2 Å². The number of aryl methyl sites for hydroxylation is 1. The Morgan fingerprint density at radius 3 is 2.22 bits per heavy atom. The normalized spacial score (nSPS) is 11.1. The molecule has 2 amide bonds. The maximum Gasteiger partial charge on any atom is 0.223 e. The van der Waals surface area contributed by atoms with Crippen LogP contribution in [-0.4, -0.2) is 24.9 Å². The Balaban J connectivity index is 1.94. The number of nitrogens with zero attached hydrogens (tertiary/aromatic N) is 1. The Morgan fingerprint density at radius 2 is 1.59 bits per heavy atom. The van der Waals surface area contributed by atoms with Gasteiger partial charge in [-0.2, -0.15) is 0 Å². The topological polar surface area (TPSA) is 49.4 Å². The average molecular weight is 367 g/mol. The SMILES string of the molecule is CC(=O)N(CCNC(=O)CCc1ccccc1)c1ccccc1C(C)(C)C. The first-order chi connectivity index (χ1) is 12.8. The van der Waals surface area contributed by atoms with E-state index in [-0.39, 0.29) is 17.2 Å². The molecule has 27 heavy (non-hydrogen) atoms. The Morgan fingerprint density at radius 1 is 0.963 bits per heavy atom. The van der Waals surface area contributed by atoms with Gasteiger partial charge in [-0.1, -0.05) is 69.3 Å². The third-order valence-electron chi connectivity index (χ3n) is 4.52. The standard InChI is InChI=1S/C23H30N2O2/c1-18(26)25(21-13-9-8-12-20(21)23(2,3)4)17-16-24-22(27)15-14-19-10-6-5-7-11-19/h5-13H,14-17H2,1-4H3,(H,24,27). The van der Waals surface area contributed by atoms with Gasteiger partial charge in [0.1, 0.15) is 0 Å². The van der Waals surface area contributed by atoms with E-state index in [2.05, 4.69) is 32.2 Å². The predicted molar refractivity (Wildman–Crippen MR) is 111 cm³/mol. The van der Waals surface area contributed by atoms with E-state index in [1.165, 1.54) is 0 Å². The van der Waals surface area contributed by atoms with E-state index in [1.807, 2.05) is 48.5 Å². The summed E-state index contributed by atoms with van der Waals surface area (Å²) in [4.78, 5) is 26.1. The summed E-state index contributed by atoms with van der Waals surface area (Å²) >= 11 is 0. The van der Waals surface area contributed by atoms with Gasteiger partial charge in [0.15, 0.2) is 0 Å². The molecule has 0 atom stereocenters. The molecule has 2 aromatic rings. The number of carbonyl (C=O) groups excluding carboxylic acids is 2. The molecule has 144 valence electrons. The number of anilines is 1. The molecular weight excluding hydrogens is 336 g/mol. The summed E-state index contributed by atoms with van der Waals surface area (Å²) in [6.07, 6.45) is 1.17. The highest BCUT2D eigenvalue weighted by atomic mass is 16.2. The van der Waals surface area contributed by atoms with Gasteiger partial charge in [0.05, 0.1) is 0 Å². The number of amides is 2. The van der Waals surface area contributed by atoms with E-state index in [1.54, 1.807) is 11.8 Å². The van der Waals surface area contributed by atoms with Crippen molar-refractivity contribution in [3.05, 3.63) is 65.7 Å². The number of nitrogens with one attached hydrogen (secondary N) is 1. The van der Waals surface area contributed by atoms with Gasteiger partial charge in [0, 0.05) is 32.1 Å². The molecule has 0 aliphatic rings. The lowest BCUT2D eigenvalue weighted by molar-refractivity contribution is -0.121.